The Balaban J connectivity index is 1.79. The van der Waals surface area contributed by atoms with E-state index in [2.05, 4.69) is 15.4 Å². The molecular weight excluding hydrogens is 454 g/mol. The number of hydrogen-bond donors (Lipinski definition) is 6. The summed E-state index contributed by atoms with van der Waals surface area (Å²) in [5.74, 6) is -0.428. The van der Waals surface area contributed by atoms with E-state index in [0.717, 1.165) is 5.56 Å². The highest BCUT2D eigenvalue weighted by Gasteiger charge is 2.30. The monoisotopic (exact) mass is 485 g/mol. The zero-order valence-electron chi connectivity index (χ0n) is 18.9. The second kappa shape index (κ2) is 12.5. The molecule has 182 valence electrons. The van der Waals surface area contributed by atoms with Gasteiger partial charge in [-0.3, -0.25) is 15.0 Å². The quantitative estimate of drug-likeness (QED) is 0.155. The van der Waals surface area contributed by atoms with Crippen molar-refractivity contribution < 1.29 is 14.1 Å². The Bertz CT molecular complexity index is 1010. The largest absolute Gasteiger partial charge is 0.593 e. The van der Waals surface area contributed by atoms with E-state index in [0.29, 0.717) is 42.3 Å². The number of carbonyl (C=O) groups excluding carboxylic acids is 2. The Morgan fingerprint density at radius 2 is 1.91 bits per heavy atom. The predicted octanol–water partition coefficient (Wildman–Crippen LogP) is -0.0867. The number of amides is 2. The van der Waals surface area contributed by atoms with Crippen molar-refractivity contribution >= 4 is 34.7 Å². The molecular formula is C23H31N7O3S. The van der Waals surface area contributed by atoms with E-state index in [1.165, 1.54) is 0 Å². The van der Waals surface area contributed by atoms with Crippen LogP contribution in [0, 0.1) is 5.41 Å². The fourth-order valence-electron chi connectivity index (χ4n) is 3.63. The Morgan fingerprint density at radius 3 is 2.62 bits per heavy atom. The van der Waals surface area contributed by atoms with E-state index >= 15 is 0 Å². The fourth-order valence-corrected chi connectivity index (χ4v) is 4.64. The molecule has 1 unspecified atom stereocenters. The number of nitrogens with one attached hydrogen (secondary N) is 4. The molecule has 0 spiro atoms. The van der Waals surface area contributed by atoms with E-state index in [1.54, 1.807) is 47.4 Å². The number of nitrogen functional groups attached to an aromatic ring is 1. The van der Waals surface area contributed by atoms with Gasteiger partial charge in [0.25, 0.3) is 0 Å². The molecule has 1 heterocycles. The summed E-state index contributed by atoms with van der Waals surface area (Å²) in [7, 11) is 0. The Kier molecular flexibility index (Phi) is 9.42. The van der Waals surface area contributed by atoms with Crippen molar-refractivity contribution in [3.63, 3.8) is 0 Å². The molecule has 1 aliphatic heterocycles. The summed E-state index contributed by atoms with van der Waals surface area (Å²) in [4.78, 5) is 27.4. The minimum atomic E-state index is -1.71. The number of nitrogens with zero attached hydrogens (tertiary/aromatic N) is 1. The third kappa shape index (κ3) is 7.27. The summed E-state index contributed by atoms with van der Waals surface area (Å²) < 4.78 is 16.2. The Hall–Kier alpha value is -2.96. The minimum Gasteiger partial charge on any atom is -0.593 e. The van der Waals surface area contributed by atoms with Gasteiger partial charge in [-0.15, -0.1) is 4.72 Å². The van der Waals surface area contributed by atoms with Crippen molar-refractivity contribution in [2.75, 3.05) is 38.0 Å². The lowest BCUT2D eigenvalue weighted by molar-refractivity contribution is -0.133. The first-order valence-corrected chi connectivity index (χ1v) is 12.2. The first-order chi connectivity index (χ1) is 16.4. The second-order valence-electron chi connectivity index (χ2n) is 7.95. The van der Waals surface area contributed by atoms with Crippen LogP contribution >= 0.6 is 0 Å². The topological polar surface area (TPSA) is 172 Å². The van der Waals surface area contributed by atoms with Crippen molar-refractivity contribution in [1.29, 1.82) is 5.41 Å². The van der Waals surface area contributed by atoms with Gasteiger partial charge < -0.3 is 31.6 Å². The zero-order valence-corrected chi connectivity index (χ0v) is 19.7. The Labute approximate surface area is 202 Å². The van der Waals surface area contributed by atoms with Gasteiger partial charge in [-0.2, -0.15) is 0 Å². The predicted molar refractivity (Wildman–Crippen MR) is 133 cm³/mol. The molecule has 2 aromatic rings. The van der Waals surface area contributed by atoms with Crippen LogP contribution in [0.5, 0.6) is 0 Å². The summed E-state index contributed by atoms with van der Waals surface area (Å²) >= 11 is -1.71. The van der Waals surface area contributed by atoms with E-state index in [-0.39, 0.29) is 37.0 Å². The van der Waals surface area contributed by atoms with Crippen LogP contribution in [0.25, 0.3) is 0 Å². The van der Waals surface area contributed by atoms with E-state index in [4.69, 9.17) is 16.9 Å². The summed E-state index contributed by atoms with van der Waals surface area (Å²) in [6.45, 7) is 2.77. The van der Waals surface area contributed by atoms with Gasteiger partial charge in [0.15, 0.2) is 4.90 Å². The minimum absolute atomic E-state index is 0.0585. The third-order valence-corrected chi connectivity index (χ3v) is 6.54. The smallest absolute Gasteiger partial charge is 0.244 e. The van der Waals surface area contributed by atoms with Gasteiger partial charge in [0, 0.05) is 62.9 Å². The number of piperazine rings is 1. The number of hydrogen-bond acceptors (Lipinski definition) is 7. The highest BCUT2D eigenvalue weighted by Crippen LogP contribution is 2.18. The third-order valence-electron chi connectivity index (χ3n) is 5.36. The maximum absolute atomic E-state index is 13.3. The first kappa shape index (κ1) is 25.7. The lowest BCUT2D eigenvalue weighted by atomic mass is 10.0. The lowest BCUT2D eigenvalue weighted by Gasteiger charge is -2.31. The molecule has 34 heavy (non-hydrogen) atoms. The number of carbonyl (C=O) groups is 2. The molecule has 1 fully saturated rings. The van der Waals surface area contributed by atoms with Crippen molar-refractivity contribution in [1.82, 2.24) is 14.9 Å². The molecule has 2 aromatic carbocycles. The van der Waals surface area contributed by atoms with Crippen LogP contribution in [-0.4, -0.2) is 65.9 Å². The highest BCUT2D eigenvalue weighted by molar-refractivity contribution is 7.89. The molecule has 0 saturated carbocycles. The fraction of sp³-hybridized carbons (Fsp3) is 0.348. The molecule has 2 amide bonds. The van der Waals surface area contributed by atoms with Gasteiger partial charge in [-0.25, -0.2) is 0 Å². The van der Waals surface area contributed by atoms with E-state index in [9.17, 15) is 14.1 Å². The van der Waals surface area contributed by atoms with Gasteiger partial charge in [-0.1, -0.05) is 24.3 Å². The van der Waals surface area contributed by atoms with Crippen LogP contribution in [-0.2, 0) is 27.4 Å². The molecule has 8 N–H and O–H groups in total. The summed E-state index contributed by atoms with van der Waals surface area (Å²) in [5.41, 5.74) is 12.9. The summed E-state index contributed by atoms with van der Waals surface area (Å²) in [6, 6.07) is 13.0. The molecule has 3 rings (SSSR count). The van der Waals surface area contributed by atoms with Crippen LogP contribution < -0.4 is 26.8 Å². The van der Waals surface area contributed by atoms with Gasteiger partial charge in [0.05, 0.1) is 11.4 Å². The molecule has 2 atom stereocenters. The van der Waals surface area contributed by atoms with E-state index < -0.39 is 17.4 Å². The van der Waals surface area contributed by atoms with Crippen LogP contribution in [0.4, 0.5) is 5.69 Å². The normalized spacial score (nSPS) is 15.4. The number of anilines is 1. The summed E-state index contributed by atoms with van der Waals surface area (Å²) in [5, 5.41) is 13.6. The molecule has 0 radical (unpaired) electrons. The van der Waals surface area contributed by atoms with Crippen molar-refractivity contribution in [3.05, 3.63) is 59.7 Å². The molecule has 0 aromatic heterocycles. The van der Waals surface area contributed by atoms with Crippen LogP contribution in [0.2, 0.25) is 0 Å². The van der Waals surface area contributed by atoms with Crippen LogP contribution in [0.3, 0.4) is 0 Å². The SMILES string of the molecule is N=C(N)c1cccc(C[C@H](N[S+]([O-])c2cccc(NC(=O)CCN)c2)C(=O)N2CCNCC2)c1. The zero-order chi connectivity index (χ0) is 24.5. The first-order valence-electron chi connectivity index (χ1n) is 11.1. The standard InChI is InChI=1S/C23H31N7O3S/c24-8-7-21(31)28-18-5-2-6-19(15-18)34(33)29-20(23(32)30-11-9-27-10-12-30)14-16-3-1-4-17(13-16)22(25)26/h1-6,13,15,20,27,29H,7-12,14,24H2,(H3,25,26)(H,28,31)/t20-,34?/m0/s1. The van der Waals surface area contributed by atoms with Crippen LogP contribution in [0.15, 0.2) is 53.4 Å². The number of nitrogens with two attached hydrogens (primary N) is 2. The van der Waals surface area contributed by atoms with E-state index in [1.807, 2.05) is 6.07 Å². The van der Waals surface area contributed by atoms with Crippen molar-refractivity contribution in [2.24, 2.45) is 11.5 Å². The molecule has 1 saturated heterocycles. The Morgan fingerprint density at radius 1 is 1.18 bits per heavy atom. The second-order valence-corrected chi connectivity index (χ2v) is 9.19. The number of rotatable bonds is 10. The molecule has 0 bridgehead atoms. The van der Waals surface area contributed by atoms with Crippen LogP contribution in [0.1, 0.15) is 17.5 Å². The number of benzene rings is 2. The van der Waals surface area contributed by atoms with Gasteiger partial charge in [0.2, 0.25) is 11.8 Å². The molecule has 1 aliphatic rings. The van der Waals surface area contributed by atoms with Crippen molar-refractivity contribution in [2.45, 2.75) is 23.8 Å². The van der Waals surface area contributed by atoms with Gasteiger partial charge in [0.1, 0.15) is 11.9 Å². The van der Waals surface area contributed by atoms with Gasteiger partial charge >= 0.3 is 0 Å². The number of amidine groups is 1. The maximum Gasteiger partial charge on any atom is 0.244 e. The molecule has 0 aliphatic carbocycles. The van der Waals surface area contributed by atoms with Gasteiger partial charge in [-0.05, 0) is 23.8 Å². The average Bonchev–Trinajstić information content (AvgIpc) is 2.84. The average molecular weight is 486 g/mol. The maximum atomic E-state index is 13.3. The lowest BCUT2D eigenvalue weighted by Crippen LogP contribution is -2.54. The van der Waals surface area contributed by atoms with Crippen molar-refractivity contribution in [3.8, 4) is 0 Å². The molecule has 10 nitrogen and oxygen atoms in total. The highest BCUT2D eigenvalue weighted by atomic mass is 32.2. The summed E-state index contributed by atoms with van der Waals surface area (Å²) in [6.07, 6.45) is 0.467. The molecule has 11 heteroatoms.